The van der Waals surface area contributed by atoms with Crippen molar-refractivity contribution in [1.29, 1.82) is 0 Å². The Balaban J connectivity index is 1.32. The minimum atomic E-state index is 1.10. The van der Waals surface area contributed by atoms with E-state index in [1.165, 1.54) is 72.0 Å². The molecule has 0 fully saturated rings. The lowest BCUT2D eigenvalue weighted by molar-refractivity contribution is 1.18. The summed E-state index contributed by atoms with van der Waals surface area (Å²) < 4.78 is 2.46. The van der Waals surface area contributed by atoms with Crippen LogP contribution in [0.25, 0.3) is 60.9 Å². The average molecular weight is 667 g/mol. The van der Waals surface area contributed by atoms with Crippen LogP contribution in [0.15, 0.2) is 194 Å². The van der Waals surface area contributed by atoms with Crippen LogP contribution in [0.2, 0.25) is 0 Å². The van der Waals surface area contributed by atoms with Gasteiger partial charge in [-0.3, -0.25) is 0 Å². The van der Waals surface area contributed by atoms with Gasteiger partial charge in [0, 0.05) is 27.6 Å². The van der Waals surface area contributed by atoms with Crippen molar-refractivity contribution in [3.8, 4) is 39.1 Å². The van der Waals surface area contributed by atoms with E-state index < -0.39 is 0 Å². The summed E-state index contributed by atoms with van der Waals surface area (Å²) in [6.07, 6.45) is 0. The molecule has 8 aromatic carbocycles. The molecule has 0 aliphatic heterocycles. The highest BCUT2D eigenvalue weighted by Gasteiger charge is 2.23. The Labute approximate surface area is 305 Å². The lowest BCUT2D eigenvalue weighted by atomic mass is 9.99. The first-order valence-corrected chi connectivity index (χ1v) is 17.9. The molecule has 9 aromatic rings. The molecular formula is C50H38N2. The smallest absolute Gasteiger partial charge is 0.0562 e. The van der Waals surface area contributed by atoms with Gasteiger partial charge >= 0.3 is 0 Å². The highest BCUT2D eigenvalue weighted by atomic mass is 15.2. The number of benzene rings is 8. The van der Waals surface area contributed by atoms with Crippen LogP contribution in [-0.4, -0.2) is 4.57 Å². The molecule has 0 aliphatic rings. The van der Waals surface area contributed by atoms with Gasteiger partial charge in [-0.1, -0.05) is 163 Å². The van der Waals surface area contributed by atoms with Crippen LogP contribution < -0.4 is 4.90 Å². The van der Waals surface area contributed by atoms with E-state index in [0.717, 1.165) is 17.1 Å². The molecule has 0 radical (unpaired) electrons. The Morgan fingerprint density at radius 2 is 0.942 bits per heavy atom. The minimum absolute atomic E-state index is 1.10. The standard InChI is InChI=1S/C50H38N2/c1-35-32-36(2)34-40(33-35)43-21-10-13-24-46(43)52-47-25-14-11-22-44(47)50-48(26-15-27-49(50)52)51(41-30-28-38(29-31-41)37-16-5-3-6-17-37)45-23-12-9-20-42(45)39-18-7-4-8-19-39/h3-34H,1-2H3. The number of aryl methyl sites for hydroxylation is 2. The molecular weight excluding hydrogens is 629 g/mol. The molecule has 0 amide bonds. The molecule has 9 rings (SSSR count). The zero-order valence-corrected chi connectivity index (χ0v) is 29.4. The predicted molar refractivity (Wildman–Crippen MR) is 221 cm³/mol. The molecule has 1 heterocycles. The zero-order valence-electron chi connectivity index (χ0n) is 29.4. The van der Waals surface area contributed by atoms with Gasteiger partial charge in [-0.2, -0.15) is 0 Å². The molecule has 0 atom stereocenters. The minimum Gasteiger partial charge on any atom is -0.309 e. The highest BCUT2D eigenvalue weighted by molar-refractivity contribution is 6.17. The second-order valence-electron chi connectivity index (χ2n) is 13.5. The van der Waals surface area contributed by atoms with Gasteiger partial charge in [-0.15, -0.1) is 0 Å². The summed E-state index contributed by atoms with van der Waals surface area (Å²) in [6, 6.07) is 70.4. The summed E-state index contributed by atoms with van der Waals surface area (Å²) >= 11 is 0. The summed E-state index contributed by atoms with van der Waals surface area (Å²) in [7, 11) is 0. The number of fused-ring (bicyclic) bond motifs is 3. The number of nitrogens with zero attached hydrogens (tertiary/aromatic N) is 2. The van der Waals surface area contributed by atoms with E-state index in [1.54, 1.807) is 0 Å². The van der Waals surface area contributed by atoms with Gasteiger partial charge in [0.15, 0.2) is 0 Å². The molecule has 248 valence electrons. The highest BCUT2D eigenvalue weighted by Crippen LogP contribution is 2.47. The molecule has 0 spiro atoms. The van der Waals surface area contributed by atoms with Crippen LogP contribution >= 0.6 is 0 Å². The number of rotatable bonds is 7. The lowest BCUT2D eigenvalue weighted by Gasteiger charge is -2.29. The monoisotopic (exact) mass is 666 g/mol. The fourth-order valence-electron chi connectivity index (χ4n) is 7.86. The third-order valence-corrected chi connectivity index (χ3v) is 10.1. The fraction of sp³-hybridized carbons (Fsp3) is 0.0400. The Morgan fingerprint density at radius 1 is 0.385 bits per heavy atom. The van der Waals surface area contributed by atoms with Crippen LogP contribution in [0.4, 0.5) is 17.1 Å². The first-order chi connectivity index (χ1) is 25.6. The van der Waals surface area contributed by atoms with E-state index in [9.17, 15) is 0 Å². The molecule has 0 aliphatic carbocycles. The van der Waals surface area contributed by atoms with Gasteiger partial charge in [-0.25, -0.2) is 0 Å². The lowest BCUT2D eigenvalue weighted by Crippen LogP contribution is -2.11. The molecule has 52 heavy (non-hydrogen) atoms. The van der Waals surface area contributed by atoms with Crippen molar-refractivity contribution in [3.05, 3.63) is 205 Å². The van der Waals surface area contributed by atoms with Gasteiger partial charge in [0.05, 0.1) is 28.1 Å². The largest absolute Gasteiger partial charge is 0.309 e. The van der Waals surface area contributed by atoms with E-state index in [4.69, 9.17) is 0 Å². The maximum absolute atomic E-state index is 2.46. The van der Waals surface area contributed by atoms with Crippen molar-refractivity contribution < 1.29 is 0 Å². The fourth-order valence-corrected chi connectivity index (χ4v) is 7.86. The van der Waals surface area contributed by atoms with Crippen molar-refractivity contribution in [3.63, 3.8) is 0 Å². The van der Waals surface area contributed by atoms with Gasteiger partial charge in [0.25, 0.3) is 0 Å². The maximum Gasteiger partial charge on any atom is 0.0562 e. The van der Waals surface area contributed by atoms with Crippen molar-refractivity contribution >= 4 is 38.9 Å². The number of hydrogen-bond acceptors (Lipinski definition) is 1. The van der Waals surface area contributed by atoms with Crippen LogP contribution in [0.3, 0.4) is 0 Å². The second-order valence-corrected chi connectivity index (χ2v) is 13.5. The number of anilines is 3. The molecule has 0 saturated carbocycles. The first-order valence-electron chi connectivity index (χ1n) is 17.9. The number of para-hydroxylation sites is 3. The summed E-state index contributed by atoms with van der Waals surface area (Å²) in [5, 5.41) is 2.43. The molecule has 0 bridgehead atoms. The van der Waals surface area contributed by atoms with Gasteiger partial charge in [0.1, 0.15) is 0 Å². The molecule has 0 unspecified atom stereocenters. The van der Waals surface area contributed by atoms with E-state index >= 15 is 0 Å². The summed E-state index contributed by atoms with van der Waals surface area (Å²) in [6.45, 7) is 4.36. The summed E-state index contributed by atoms with van der Waals surface area (Å²) in [5.74, 6) is 0. The zero-order chi connectivity index (χ0) is 35.0. The van der Waals surface area contributed by atoms with Crippen LogP contribution in [0.5, 0.6) is 0 Å². The van der Waals surface area contributed by atoms with Crippen molar-refractivity contribution in [2.45, 2.75) is 13.8 Å². The quantitative estimate of drug-likeness (QED) is 0.164. The van der Waals surface area contributed by atoms with E-state index in [2.05, 4.69) is 217 Å². The topological polar surface area (TPSA) is 8.17 Å². The van der Waals surface area contributed by atoms with Gasteiger partial charge in [-0.05, 0) is 78.6 Å². The maximum atomic E-state index is 2.46. The van der Waals surface area contributed by atoms with Gasteiger partial charge in [0.2, 0.25) is 0 Å². The molecule has 1 aromatic heterocycles. The normalized spacial score (nSPS) is 11.3. The average Bonchev–Trinajstić information content (AvgIpc) is 3.54. The van der Waals surface area contributed by atoms with Crippen molar-refractivity contribution in [1.82, 2.24) is 4.57 Å². The Bertz CT molecular complexity index is 2670. The third-order valence-electron chi connectivity index (χ3n) is 10.1. The van der Waals surface area contributed by atoms with E-state index in [1.807, 2.05) is 0 Å². The second kappa shape index (κ2) is 13.2. The Hall–Kier alpha value is -6.64. The summed E-state index contributed by atoms with van der Waals surface area (Å²) in [5.41, 5.74) is 16.6. The first kappa shape index (κ1) is 31.3. The Kier molecular flexibility index (Phi) is 7.98. The molecule has 2 heteroatoms. The number of aromatic nitrogens is 1. The Morgan fingerprint density at radius 3 is 1.69 bits per heavy atom. The number of hydrogen-bond donors (Lipinski definition) is 0. The van der Waals surface area contributed by atoms with E-state index in [0.29, 0.717) is 0 Å². The van der Waals surface area contributed by atoms with Gasteiger partial charge < -0.3 is 9.47 Å². The molecule has 0 N–H and O–H groups in total. The molecule has 2 nitrogen and oxygen atoms in total. The SMILES string of the molecule is Cc1cc(C)cc(-c2ccccc2-n2c3ccccc3c3c(N(c4ccc(-c5ccccc5)cc4)c4ccccc4-c4ccccc4)cccc32)c1. The summed E-state index contributed by atoms with van der Waals surface area (Å²) in [4.78, 5) is 2.45. The van der Waals surface area contributed by atoms with Crippen LogP contribution in [-0.2, 0) is 0 Å². The van der Waals surface area contributed by atoms with Crippen molar-refractivity contribution in [2.24, 2.45) is 0 Å². The third kappa shape index (κ3) is 5.55. The van der Waals surface area contributed by atoms with Crippen LogP contribution in [0, 0.1) is 13.8 Å². The molecule has 0 saturated heterocycles. The predicted octanol–water partition coefficient (Wildman–Crippen LogP) is 13.9. The van der Waals surface area contributed by atoms with Crippen molar-refractivity contribution in [2.75, 3.05) is 4.90 Å². The van der Waals surface area contributed by atoms with Crippen LogP contribution in [0.1, 0.15) is 11.1 Å². The van der Waals surface area contributed by atoms with E-state index in [-0.39, 0.29) is 0 Å².